The molecule has 4 aromatic rings. The summed E-state index contributed by atoms with van der Waals surface area (Å²) in [6.45, 7) is 0. The number of esters is 1. The van der Waals surface area contributed by atoms with Gasteiger partial charge in [-0.05, 0) is 48.2 Å². The fourth-order valence-corrected chi connectivity index (χ4v) is 5.44. The number of halogens is 1. The van der Waals surface area contributed by atoms with Gasteiger partial charge in [0.05, 0.1) is 23.2 Å². The molecule has 2 atom stereocenters. The predicted molar refractivity (Wildman–Crippen MR) is 132 cm³/mol. The summed E-state index contributed by atoms with van der Waals surface area (Å²) in [5.41, 5.74) is 4.15. The van der Waals surface area contributed by atoms with E-state index in [1.54, 1.807) is 6.07 Å². The zero-order valence-corrected chi connectivity index (χ0v) is 19.4. The van der Waals surface area contributed by atoms with Crippen LogP contribution in [-0.2, 0) is 9.53 Å². The minimum absolute atomic E-state index is 0.00899. The van der Waals surface area contributed by atoms with Crippen molar-refractivity contribution < 1.29 is 18.7 Å². The number of carbonyl (C=O) groups is 2. The van der Waals surface area contributed by atoms with Crippen LogP contribution in [0.25, 0.3) is 21.3 Å². The first-order valence-corrected chi connectivity index (χ1v) is 12.0. The Balaban J connectivity index is 1.28. The number of benzene rings is 3. The average molecular weight is 475 g/mol. The van der Waals surface area contributed by atoms with Crippen molar-refractivity contribution in [2.45, 2.75) is 19.3 Å². The summed E-state index contributed by atoms with van der Waals surface area (Å²) >= 11 is 1.47. The summed E-state index contributed by atoms with van der Waals surface area (Å²) in [4.78, 5) is 29.4. The van der Waals surface area contributed by atoms with E-state index < -0.39 is 0 Å². The molecule has 0 amide bonds. The molecule has 34 heavy (non-hydrogen) atoms. The quantitative estimate of drug-likeness (QED) is 0.251. The van der Waals surface area contributed by atoms with Crippen LogP contribution in [0.15, 0.2) is 66.7 Å². The lowest BCUT2D eigenvalue weighted by atomic mass is 9.88. The summed E-state index contributed by atoms with van der Waals surface area (Å²) in [6.07, 6.45) is 2.29. The van der Waals surface area contributed by atoms with E-state index in [1.807, 2.05) is 48.5 Å². The first-order valence-electron chi connectivity index (χ1n) is 11.2. The Morgan fingerprint density at radius 1 is 0.971 bits per heavy atom. The lowest BCUT2D eigenvalue weighted by Crippen LogP contribution is -2.26. The van der Waals surface area contributed by atoms with Gasteiger partial charge in [-0.25, -0.2) is 9.37 Å². The summed E-state index contributed by atoms with van der Waals surface area (Å²) in [6, 6.07) is 20.0. The summed E-state index contributed by atoms with van der Waals surface area (Å²) < 4.78 is 19.2. The molecule has 1 aliphatic rings. The normalized spacial score (nSPS) is 17.6. The van der Waals surface area contributed by atoms with Crippen LogP contribution in [0.1, 0.15) is 29.6 Å². The number of aromatic nitrogens is 1. The SMILES string of the molecule is COC(=O)[C@H]1CCC[C@@H]1C(=O)c1ccc(-c2ccc(Nc3nc4cc(F)ccc4s3)cc2)cc1. The molecule has 1 aliphatic carbocycles. The van der Waals surface area contributed by atoms with Crippen LogP contribution in [-0.4, -0.2) is 23.8 Å². The van der Waals surface area contributed by atoms with Crippen molar-refractivity contribution in [1.82, 2.24) is 4.98 Å². The van der Waals surface area contributed by atoms with Crippen LogP contribution in [0.3, 0.4) is 0 Å². The standard InChI is InChI=1S/C27H23FN2O3S/c1-33-26(32)22-4-2-3-21(22)25(31)18-7-5-16(6-8-18)17-9-12-20(13-10-17)29-27-30-23-15-19(28)11-14-24(23)34-27/h5-15,21-22H,2-4H2,1H3,(H,29,30)/t21-,22-/m0/s1. The van der Waals surface area contributed by atoms with E-state index in [-0.39, 0.29) is 29.4 Å². The molecule has 7 heteroatoms. The van der Waals surface area contributed by atoms with Crippen LogP contribution >= 0.6 is 11.3 Å². The molecule has 172 valence electrons. The Kier molecular flexibility index (Phi) is 6.11. The number of methoxy groups -OCH3 is 1. The molecule has 1 fully saturated rings. The summed E-state index contributed by atoms with van der Waals surface area (Å²) in [7, 11) is 1.37. The number of ketones is 1. The monoisotopic (exact) mass is 474 g/mol. The van der Waals surface area contributed by atoms with E-state index in [1.165, 1.54) is 30.6 Å². The average Bonchev–Trinajstić information content (AvgIpc) is 3.50. The lowest BCUT2D eigenvalue weighted by Gasteiger charge is -2.16. The minimum Gasteiger partial charge on any atom is -0.469 e. The van der Waals surface area contributed by atoms with Crippen LogP contribution in [0.4, 0.5) is 15.2 Å². The highest BCUT2D eigenvalue weighted by Gasteiger charge is 2.38. The van der Waals surface area contributed by atoms with Gasteiger partial charge >= 0.3 is 5.97 Å². The summed E-state index contributed by atoms with van der Waals surface area (Å²) in [5, 5.41) is 3.97. The van der Waals surface area contributed by atoms with Gasteiger partial charge in [0.1, 0.15) is 5.82 Å². The number of hydrogen-bond acceptors (Lipinski definition) is 6. The lowest BCUT2D eigenvalue weighted by molar-refractivity contribution is -0.146. The topological polar surface area (TPSA) is 68.3 Å². The highest BCUT2D eigenvalue weighted by atomic mass is 32.1. The van der Waals surface area contributed by atoms with Crippen molar-refractivity contribution in [3.8, 4) is 11.1 Å². The smallest absolute Gasteiger partial charge is 0.309 e. The van der Waals surface area contributed by atoms with E-state index in [4.69, 9.17) is 4.74 Å². The fraction of sp³-hybridized carbons (Fsp3) is 0.222. The Hall–Kier alpha value is -3.58. The predicted octanol–water partition coefficient (Wildman–Crippen LogP) is 6.62. The number of anilines is 2. The number of thiazole rings is 1. The highest BCUT2D eigenvalue weighted by Crippen LogP contribution is 2.35. The maximum absolute atomic E-state index is 13.4. The molecule has 0 saturated heterocycles. The van der Waals surface area contributed by atoms with Gasteiger partial charge in [-0.2, -0.15) is 0 Å². The molecule has 3 aromatic carbocycles. The molecule has 0 aliphatic heterocycles. The third-order valence-electron chi connectivity index (χ3n) is 6.35. The number of hydrogen-bond donors (Lipinski definition) is 1. The Morgan fingerprint density at radius 2 is 1.65 bits per heavy atom. The molecule has 5 nitrogen and oxygen atoms in total. The molecule has 0 bridgehead atoms. The molecule has 0 unspecified atom stereocenters. The molecular weight excluding hydrogens is 451 g/mol. The van der Waals surface area contributed by atoms with Gasteiger partial charge in [0.2, 0.25) is 0 Å². The van der Waals surface area contributed by atoms with Crippen LogP contribution < -0.4 is 5.32 Å². The number of rotatable bonds is 6. The molecular formula is C27H23FN2O3S. The second-order valence-corrected chi connectivity index (χ2v) is 9.47. The highest BCUT2D eigenvalue weighted by molar-refractivity contribution is 7.22. The largest absolute Gasteiger partial charge is 0.469 e. The van der Waals surface area contributed by atoms with Crippen molar-refractivity contribution in [2.75, 3.05) is 12.4 Å². The van der Waals surface area contributed by atoms with Crippen LogP contribution in [0, 0.1) is 17.7 Å². The van der Waals surface area contributed by atoms with E-state index in [2.05, 4.69) is 10.3 Å². The van der Waals surface area contributed by atoms with Gasteiger partial charge in [0, 0.05) is 23.2 Å². The van der Waals surface area contributed by atoms with E-state index in [9.17, 15) is 14.0 Å². The number of fused-ring (bicyclic) bond motifs is 1. The third kappa shape index (κ3) is 4.43. The number of Topliss-reactive ketones (excluding diaryl/α,β-unsaturated/α-hetero) is 1. The van der Waals surface area contributed by atoms with Gasteiger partial charge in [-0.15, -0.1) is 0 Å². The van der Waals surface area contributed by atoms with Gasteiger partial charge in [0.15, 0.2) is 10.9 Å². The van der Waals surface area contributed by atoms with E-state index in [0.717, 1.165) is 34.4 Å². The first-order chi connectivity index (χ1) is 16.5. The summed E-state index contributed by atoms with van der Waals surface area (Å²) in [5.74, 6) is -1.23. The number of nitrogens with one attached hydrogen (secondary N) is 1. The molecule has 1 aromatic heterocycles. The van der Waals surface area contributed by atoms with Crippen molar-refractivity contribution in [1.29, 1.82) is 0 Å². The Bertz CT molecular complexity index is 1350. The van der Waals surface area contributed by atoms with Crippen molar-refractivity contribution >= 4 is 44.1 Å². The molecule has 0 spiro atoms. The van der Waals surface area contributed by atoms with Gasteiger partial charge in [-0.3, -0.25) is 9.59 Å². The fourth-order valence-electron chi connectivity index (χ4n) is 4.57. The van der Waals surface area contributed by atoms with Gasteiger partial charge < -0.3 is 10.1 Å². The van der Waals surface area contributed by atoms with Crippen LogP contribution in [0.5, 0.6) is 0 Å². The number of nitrogens with zero attached hydrogens (tertiary/aromatic N) is 1. The van der Waals surface area contributed by atoms with Crippen molar-refractivity contribution in [3.05, 3.63) is 78.1 Å². The molecule has 5 rings (SSSR count). The zero-order chi connectivity index (χ0) is 23.7. The second kappa shape index (κ2) is 9.35. The van der Waals surface area contributed by atoms with Gasteiger partial charge in [0.25, 0.3) is 0 Å². The number of ether oxygens (including phenoxy) is 1. The maximum Gasteiger partial charge on any atom is 0.309 e. The maximum atomic E-state index is 13.4. The Morgan fingerprint density at radius 3 is 2.35 bits per heavy atom. The van der Waals surface area contributed by atoms with Crippen molar-refractivity contribution in [3.63, 3.8) is 0 Å². The first kappa shape index (κ1) is 22.2. The number of carbonyl (C=O) groups excluding carboxylic acids is 2. The second-order valence-electron chi connectivity index (χ2n) is 8.44. The molecule has 1 heterocycles. The Labute approximate surface area is 200 Å². The molecule has 1 saturated carbocycles. The minimum atomic E-state index is -0.341. The molecule has 0 radical (unpaired) electrons. The molecule has 1 N–H and O–H groups in total. The van der Waals surface area contributed by atoms with Crippen LogP contribution in [0.2, 0.25) is 0 Å². The van der Waals surface area contributed by atoms with E-state index >= 15 is 0 Å². The third-order valence-corrected chi connectivity index (χ3v) is 7.30. The zero-order valence-electron chi connectivity index (χ0n) is 18.6. The van der Waals surface area contributed by atoms with Gasteiger partial charge in [-0.1, -0.05) is 54.2 Å². The van der Waals surface area contributed by atoms with Crippen molar-refractivity contribution in [2.24, 2.45) is 11.8 Å². The van der Waals surface area contributed by atoms with E-state index in [0.29, 0.717) is 22.6 Å².